The maximum atomic E-state index is 12.6. The Hall–Kier alpha value is -3.92. The van der Waals surface area contributed by atoms with Crippen LogP contribution in [0.2, 0.25) is 0 Å². The van der Waals surface area contributed by atoms with Crippen molar-refractivity contribution in [1.29, 1.82) is 0 Å². The molecule has 0 unspecified atom stereocenters. The van der Waals surface area contributed by atoms with Crippen LogP contribution < -0.4 is 15.4 Å². The molecule has 1 fully saturated rings. The first kappa shape index (κ1) is 23.2. The maximum Gasteiger partial charge on any atom is 0.321 e. The van der Waals surface area contributed by atoms with Gasteiger partial charge in [0.15, 0.2) is 0 Å². The first-order valence-corrected chi connectivity index (χ1v) is 12.3. The Morgan fingerprint density at radius 3 is 2.15 bits per heavy atom. The number of rotatable bonds is 6. The number of nitrogens with one attached hydrogen (secondary N) is 3. The van der Waals surface area contributed by atoms with Crippen LogP contribution in [0.1, 0.15) is 23.2 Å². The molecular weight excluding hydrogens is 454 g/mol. The van der Waals surface area contributed by atoms with Gasteiger partial charge in [0.05, 0.1) is 10.6 Å². The van der Waals surface area contributed by atoms with E-state index in [-0.39, 0.29) is 22.9 Å². The third-order valence-corrected chi connectivity index (χ3v) is 6.90. The molecule has 9 nitrogen and oxygen atoms in total. The minimum absolute atomic E-state index is 0.0543. The number of nitrogens with zero attached hydrogens (tertiary/aromatic N) is 2. The highest BCUT2D eigenvalue weighted by molar-refractivity contribution is 7.92. The van der Waals surface area contributed by atoms with E-state index in [0.29, 0.717) is 37.2 Å². The van der Waals surface area contributed by atoms with Crippen LogP contribution in [-0.2, 0) is 10.0 Å². The van der Waals surface area contributed by atoms with Gasteiger partial charge in [-0.15, -0.1) is 0 Å². The number of pyridine rings is 1. The lowest BCUT2D eigenvalue weighted by Gasteiger charge is -2.32. The summed E-state index contributed by atoms with van der Waals surface area (Å²) in [7, 11) is -3.77. The normalized spacial score (nSPS) is 14.3. The lowest BCUT2D eigenvalue weighted by Crippen LogP contribution is -2.47. The summed E-state index contributed by atoms with van der Waals surface area (Å²) in [6, 6.07) is 17.9. The van der Waals surface area contributed by atoms with Gasteiger partial charge in [-0.05, 0) is 61.4 Å². The lowest BCUT2D eigenvalue weighted by molar-refractivity contribution is 0.0919. The van der Waals surface area contributed by atoms with Crippen LogP contribution >= 0.6 is 0 Å². The first-order chi connectivity index (χ1) is 16.4. The molecule has 0 radical (unpaired) electrons. The Balaban J connectivity index is 1.28. The van der Waals surface area contributed by atoms with E-state index in [1.807, 2.05) is 30.3 Å². The van der Waals surface area contributed by atoms with Crippen LogP contribution in [0.3, 0.4) is 0 Å². The number of anilines is 2. The van der Waals surface area contributed by atoms with E-state index >= 15 is 0 Å². The molecule has 2 heterocycles. The number of hydrogen-bond acceptors (Lipinski definition) is 5. The van der Waals surface area contributed by atoms with Crippen LogP contribution in [0.25, 0.3) is 0 Å². The van der Waals surface area contributed by atoms with E-state index in [4.69, 9.17) is 0 Å². The van der Waals surface area contributed by atoms with Gasteiger partial charge in [-0.2, -0.15) is 0 Å². The zero-order valence-corrected chi connectivity index (χ0v) is 19.2. The van der Waals surface area contributed by atoms with Crippen molar-refractivity contribution in [2.75, 3.05) is 23.1 Å². The smallest absolute Gasteiger partial charge is 0.321 e. The zero-order valence-electron chi connectivity index (χ0n) is 18.3. The van der Waals surface area contributed by atoms with E-state index in [0.717, 1.165) is 5.69 Å². The second kappa shape index (κ2) is 10.3. The molecule has 10 heteroatoms. The molecule has 1 aliphatic heterocycles. The number of likely N-dealkylation sites (tertiary alicyclic amines) is 1. The molecule has 1 aromatic heterocycles. The molecule has 0 saturated carbocycles. The monoisotopic (exact) mass is 479 g/mol. The molecule has 1 aliphatic rings. The van der Waals surface area contributed by atoms with E-state index in [2.05, 4.69) is 20.3 Å². The minimum Gasteiger partial charge on any atom is -0.349 e. The van der Waals surface area contributed by atoms with Gasteiger partial charge >= 0.3 is 6.03 Å². The van der Waals surface area contributed by atoms with Gasteiger partial charge in [-0.25, -0.2) is 13.2 Å². The van der Waals surface area contributed by atoms with Crippen molar-refractivity contribution in [3.8, 4) is 0 Å². The second-order valence-corrected chi connectivity index (χ2v) is 9.58. The number of sulfonamides is 1. The number of amides is 3. The topological polar surface area (TPSA) is 121 Å². The molecule has 0 atom stereocenters. The Bertz CT molecular complexity index is 1230. The maximum absolute atomic E-state index is 12.6. The number of aromatic nitrogens is 1. The van der Waals surface area contributed by atoms with Crippen molar-refractivity contribution in [3.63, 3.8) is 0 Å². The molecule has 1 saturated heterocycles. The molecule has 0 spiro atoms. The van der Waals surface area contributed by atoms with Crippen molar-refractivity contribution in [2.45, 2.75) is 23.8 Å². The lowest BCUT2D eigenvalue weighted by atomic mass is 10.0. The Morgan fingerprint density at radius 1 is 0.853 bits per heavy atom. The summed E-state index contributed by atoms with van der Waals surface area (Å²) in [6.45, 7) is 1.06. The number of piperidine rings is 1. The average molecular weight is 480 g/mol. The fourth-order valence-electron chi connectivity index (χ4n) is 3.64. The summed E-state index contributed by atoms with van der Waals surface area (Å²) in [5.41, 5.74) is 1.51. The van der Waals surface area contributed by atoms with E-state index < -0.39 is 10.0 Å². The van der Waals surface area contributed by atoms with Gasteiger partial charge in [-0.1, -0.05) is 18.2 Å². The molecular formula is C24H25N5O4S. The summed E-state index contributed by atoms with van der Waals surface area (Å²) in [5, 5.41) is 5.84. The number of carbonyl (C=O) groups excluding carboxylic acids is 2. The molecule has 34 heavy (non-hydrogen) atoms. The molecule has 0 aliphatic carbocycles. The summed E-state index contributed by atoms with van der Waals surface area (Å²) >= 11 is 0. The van der Waals surface area contributed by atoms with Gasteiger partial charge in [0, 0.05) is 42.8 Å². The van der Waals surface area contributed by atoms with Gasteiger partial charge in [-0.3, -0.25) is 14.5 Å². The van der Waals surface area contributed by atoms with Gasteiger partial charge in [0.2, 0.25) is 0 Å². The zero-order chi connectivity index (χ0) is 24.0. The Kier molecular flexibility index (Phi) is 7.07. The molecule has 3 amide bonds. The summed E-state index contributed by atoms with van der Waals surface area (Å²) < 4.78 is 27.5. The van der Waals surface area contributed by atoms with Crippen LogP contribution in [0.15, 0.2) is 84.0 Å². The molecule has 3 aromatic rings. The van der Waals surface area contributed by atoms with E-state index in [9.17, 15) is 18.0 Å². The predicted octanol–water partition coefficient (Wildman–Crippen LogP) is 3.31. The fourth-order valence-corrected chi connectivity index (χ4v) is 4.70. The molecule has 4 rings (SSSR count). The van der Waals surface area contributed by atoms with Crippen LogP contribution in [0.4, 0.5) is 16.2 Å². The quantitative estimate of drug-likeness (QED) is 0.501. The Labute approximate surface area is 198 Å². The highest BCUT2D eigenvalue weighted by Gasteiger charge is 2.24. The third-order valence-electron chi connectivity index (χ3n) is 5.50. The third kappa shape index (κ3) is 5.90. The largest absolute Gasteiger partial charge is 0.349 e. The van der Waals surface area contributed by atoms with Crippen molar-refractivity contribution in [3.05, 3.63) is 84.7 Å². The summed E-state index contributed by atoms with van der Waals surface area (Å²) in [6.07, 6.45) is 4.25. The highest BCUT2D eigenvalue weighted by Crippen LogP contribution is 2.17. The van der Waals surface area contributed by atoms with Crippen molar-refractivity contribution in [1.82, 2.24) is 15.2 Å². The summed E-state index contributed by atoms with van der Waals surface area (Å²) in [4.78, 5) is 30.7. The van der Waals surface area contributed by atoms with Crippen molar-refractivity contribution in [2.24, 2.45) is 0 Å². The molecule has 2 aromatic carbocycles. The van der Waals surface area contributed by atoms with Gasteiger partial charge in [0.25, 0.3) is 15.9 Å². The van der Waals surface area contributed by atoms with Crippen molar-refractivity contribution < 1.29 is 18.0 Å². The number of benzene rings is 2. The van der Waals surface area contributed by atoms with Crippen molar-refractivity contribution >= 4 is 33.3 Å². The molecule has 0 bridgehead atoms. The Morgan fingerprint density at radius 2 is 1.50 bits per heavy atom. The van der Waals surface area contributed by atoms with Crippen LogP contribution in [-0.4, -0.2) is 49.4 Å². The van der Waals surface area contributed by atoms with E-state index in [1.54, 1.807) is 17.0 Å². The number of urea groups is 1. The van der Waals surface area contributed by atoms with Gasteiger partial charge < -0.3 is 15.5 Å². The van der Waals surface area contributed by atoms with Crippen LogP contribution in [0.5, 0.6) is 0 Å². The second-order valence-electron chi connectivity index (χ2n) is 7.90. The predicted molar refractivity (Wildman–Crippen MR) is 129 cm³/mol. The average Bonchev–Trinajstić information content (AvgIpc) is 2.85. The van der Waals surface area contributed by atoms with E-state index in [1.165, 1.54) is 36.7 Å². The first-order valence-electron chi connectivity index (χ1n) is 10.9. The number of carbonyl (C=O) groups is 2. The summed E-state index contributed by atoms with van der Waals surface area (Å²) in [5.74, 6) is -0.279. The fraction of sp³-hybridized carbons (Fsp3) is 0.208. The standard InChI is InChI=1S/C24H25N5O4S/c30-23(18-6-8-22(9-7-18)34(32,33)28-21-10-14-25-15-11-21)26-20-12-16-29(17-13-20)24(31)27-19-4-2-1-3-5-19/h1-11,14-15,20H,12-13,16-17H2,(H,25,28)(H,26,30)(H,27,31). The number of para-hydroxylation sites is 1. The minimum atomic E-state index is -3.77. The molecule has 176 valence electrons. The van der Waals surface area contributed by atoms with Gasteiger partial charge in [0.1, 0.15) is 0 Å². The SMILES string of the molecule is O=C(NC1CCN(C(=O)Nc2ccccc2)CC1)c1ccc(S(=O)(=O)Nc2ccncc2)cc1. The number of hydrogen-bond donors (Lipinski definition) is 3. The molecule has 3 N–H and O–H groups in total. The van der Waals surface area contributed by atoms with Crippen LogP contribution in [0, 0.1) is 0 Å². The highest BCUT2D eigenvalue weighted by atomic mass is 32.2.